The Morgan fingerprint density at radius 1 is 1.09 bits per heavy atom. The van der Waals surface area contributed by atoms with Crippen LogP contribution >= 0.6 is 0 Å². The molecule has 0 bridgehead atoms. The summed E-state index contributed by atoms with van der Waals surface area (Å²) in [5.41, 5.74) is 7.73. The van der Waals surface area contributed by atoms with E-state index in [0.717, 1.165) is 18.4 Å². The second-order valence-electron chi connectivity index (χ2n) is 8.34. The van der Waals surface area contributed by atoms with Crippen LogP contribution in [-0.2, 0) is 23.8 Å². The lowest BCUT2D eigenvalue weighted by Crippen LogP contribution is -2.45. The van der Waals surface area contributed by atoms with Gasteiger partial charge in [-0.05, 0) is 49.3 Å². The Kier molecular flexibility index (Phi) is 6.66. The Morgan fingerprint density at radius 3 is 2.47 bits per heavy atom. The molecule has 2 aliphatic rings. The minimum atomic E-state index is -4.42. The molecule has 9 heteroatoms. The Balaban J connectivity index is 0.000000158. The summed E-state index contributed by atoms with van der Waals surface area (Å²) in [4.78, 5) is 12.0. The lowest BCUT2D eigenvalue weighted by molar-refractivity contribution is -0.140. The maximum absolute atomic E-state index is 12.2. The zero-order valence-electron chi connectivity index (χ0n) is 18.0. The van der Waals surface area contributed by atoms with Crippen LogP contribution < -0.4 is 5.73 Å². The zero-order chi connectivity index (χ0) is 22.7. The summed E-state index contributed by atoms with van der Waals surface area (Å²) >= 11 is 0. The van der Waals surface area contributed by atoms with E-state index in [1.54, 1.807) is 11.1 Å². The number of ether oxygens (including phenoxy) is 1. The van der Waals surface area contributed by atoms with Gasteiger partial charge in [0.15, 0.2) is 0 Å². The number of likely N-dealkylation sites (tertiary alicyclic amines) is 1. The predicted molar refractivity (Wildman–Crippen MR) is 117 cm³/mol. The quantitative estimate of drug-likeness (QED) is 0.615. The lowest BCUT2D eigenvalue weighted by Gasteiger charge is -2.39. The maximum Gasteiger partial charge on any atom is 0.431 e. The molecule has 3 N–H and O–H groups in total. The van der Waals surface area contributed by atoms with Crippen LogP contribution in [0.4, 0.5) is 19.0 Å². The van der Waals surface area contributed by atoms with Gasteiger partial charge in [-0.15, -0.1) is 0 Å². The number of hydrogen-bond donors (Lipinski definition) is 2. The molecule has 1 unspecified atom stereocenters. The number of nitrogen functional groups attached to an aromatic ring is 1. The molecule has 1 saturated heterocycles. The SMILES string of the molecule is COC1CCN(C2CCc3ccccc3C2)CC1.Nc1ncnc2[nH]c(C(F)(F)F)cc12. The molecule has 3 aromatic rings. The number of H-pyrrole nitrogens is 1. The third kappa shape index (κ3) is 5.05. The number of nitrogens with one attached hydrogen (secondary N) is 1. The summed E-state index contributed by atoms with van der Waals surface area (Å²) in [6, 6.07) is 10.6. The number of alkyl halides is 3. The largest absolute Gasteiger partial charge is 0.431 e. The number of halogens is 3. The van der Waals surface area contributed by atoms with Crippen molar-refractivity contribution in [3.63, 3.8) is 0 Å². The fourth-order valence-electron chi connectivity index (χ4n) is 4.58. The number of nitrogens with zero attached hydrogens (tertiary/aromatic N) is 3. The average molecular weight is 448 g/mol. The second-order valence-corrected chi connectivity index (χ2v) is 8.34. The molecule has 0 saturated carbocycles. The van der Waals surface area contributed by atoms with Crippen molar-refractivity contribution in [2.75, 3.05) is 25.9 Å². The van der Waals surface area contributed by atoms with Crippen molar-refractivity contribution in [1.29, 1.82) is 0 Å². The number of aryl methyl sites for hydroxylation is 1. The van der Waals surface area contributed by atoms with E-state index in [1.165, 1.54) is 45.2 Å². The van der Waals surface area contributed by atoms with Crippen molar-refractivity contribution < 1.29 is 17.9 Å². The molecule has 0 spiro atoms. The van der Waals surface area contributed by atoms with Crippen molar-refractivity contribution in [1.82, 2.24) is 19.9 Å². The molecule has 5 rings (SSSR count). The van der Waals surface area contributed by atoms with E-state index in [-0.39, 0.29) is 16.9 Å². The van der Waals surface area contributed by atoms with E-state index in [0.29, 0.717) is 6.10 Å². The number of benzene rings is 1. The molecule has 172 valence electrons. The molecule has 2 aromatic heterocycles. The number of anilines is 1. The fourth-order valence-corrected chi connectivity index (χ4v) is 4.58. The van der Waals surface area contributed by atoms with Gasteiger partial charge in [-0.2, -0.15) is 13.2 Å². The Labute approximate surface area is 185 Å². The minimum absolute atomic E-state index is 0.0294. The van der Waals surface area contributed by atoms with Crippen LogP contribution in [0.3, 0.4) is 0 Å². The molecule has 32 heavy (non-hydrogen) atoms. The first-order chi connectivity index (χ1) is 15.3. The number of hydrogen-bond acceptors (Lipinski definition) is 5. The normalized spacial score (nSPS) is 19.9. The molecule has 1 aliphatic carbocycles. The van der Waals surface area contributed by atoms with Crippen LogP contribution in [0.25, 0.3) is 11.0 Å². The highest BCUT2D eigenvalue weighted by Gasteiger charge is 2.33. The van der Waals surface area contributed by atoms with Gasteiger partial charge in [0.1, 0.15) is 23.5 Å². The first-order valence-corrected chi connectivity index (χ1v) is 10.8. The number of methoxy groups -OCH3 is 1. The molecule has 3 heterocycles. The summed E-state index contributed by atoms with van der Waals surface area (Å²) < 4.78 is 42.2. The molecule has 6 nitrogen and oxygen atoms in total. The van der Waals surface area contributed by atoms with Gasteiger partial charge in [-0.25, -0.2) is 9.97 Å². The molecular weight excluding hydrogens is 419 g/mol. The van der Waals surface area contributed by atoms with Crippen LogP contribution in [-0.4, -0.2) is 52.2 Å². The van der Waals surface area contributed by atoms with E-state index < -0.39 is 11.9 Å². The molecule has 0 radical (unpaired) electrons. The van der Waals surface area contributed by atoms with E-state index in [1.807, 2.05) is 7.11 Å². The van der Waals surface area contributed by atoms with Gasteiger partial charge in [-0.3, -0.25) is 4.90 Å². The monoisotopic (exact) mass is 447 g/mol. The van der Waals surface area contributed by atoms with Crippen molar-refractivity contribution in [2.24, 2.45) is 0 Å². The number of piperidine rings is 1. The number of aromatic amines is 1. The van der Waals surface area contributed by atoms with Crippen LogP contribution in [0.2, 0.25) is 0 Å². The zero-order valence-corrected chi connectivity index (χ0v) is 18.0. The van der Waals surface area contributed by atoms with Crippen molar-refractivity contribution in [3.05, 3.63) is 53.5 Å². The second kappa shape index (κ2) is 9.46. The van der Waals surface area contributed by atoms with Gasteiger partial charge in [0.2, 0.25) is 0 Å². The first-order valence-electron chi connectivity index (χ1n) is 10.8. The van der Waals surface area contributed by atoms with Gasteiger partial charge < -0.3 is 15.5 Å². The van der Waals surface area contributed by atoms with E-state index >= 15 is 0 Å². The highest BCUT2D eigenvalue weighted by atomic mass is 19.4. The number of fused-ring (bicyclic) bond motifs is 2. The summed E-state index contributed by atoms with van der Waals surface area (Å²) in [5.74, 6) is 0.0294. The smallest absolute Gasteiger partial charge is 0.383 e. The lowest BCUT2D eigenvalue weighted by atomic mass is 9.86. The van der Waals surface area contributed by atoms with Gasteiger partial charge in [-0.1, -0.05) is 24.3 Å². The molecule has 1 aliphatic heterocycles. The Morgan fingerprint density at radius 2 is 1.81 bits per heavy atom. The summed E-state index contributed by atoms with van der Waals surface area (Å²) in [6.45, 7) is 2.43. The third-order valence-electron chi connectivity index (χ3n) is 6.41. The van der Waals surface area contributed by atoms with Crippen molar-refractivity contribution in [2.45, 2.75) is 50.4 Å². The fraction of sp³-hybridized carbons (Fsp3) is 0.478. The van der Waals surface area contributed by atoms with Crippen molar-refractivity contribution >= 4 is 16.9 Å². The van der Waals surface area contributed by atoms with E-state index in [9.17, 15) is 13.2 Å². The molecule has 1 fully saturated rings. The first kappa shape index (κ1) is 22.5. The number of nitrogens with two attached hydrogens (primary N) is 1. The third-order valence-corrected chi connectivity index (χ3v) is 6.41. The van der Waals surface area contributed by atoms with Gasteiger partial charge in [0.05, 0.1) is 11.5 Å². The summed E-state index contributed by atoms with van der Waals surface area (Å²) in [5, 5.41) is 0.180. The van der Waals surface area contributed by atoms with E-state index in [2.05, 4.69) is 44.1 Å². The maximum atomic E-state index is 12.2. The van der Waals surface area contributed by atoms with Gasteiger partial charge in [0.25, 0.3) is 0 Å². The highest BCUT2D eigenvalue weighted by Crippen LogP contribution is 2.31. The Bertz CT molecular complexity index is 1040. The highest BCUT2D eigenvalue weighted by molar-refractivity contribution is 5.86. The van der Waals surface area contributed by atoms with Crippen LogP contribution in [0, 0.1) is 0 Å². The topological polar surface area (TPSA) is 80.1 Å². The molecule has 0 amide bonds. The Hall–Kier alpha value is -2.65. The van der Waals surface area contributed by atoms with E-state index in [4.69, 9.17) is 10.5 Å². The molecule has 1 aromatic carbocycles. The van der Waals surface area contributed by atoms with Crippen LogP contribution in [0.5, 0.6) is 0 Å². The van der Waals surface area contributed by atoms with Crippen molar-refractivity contribution in [3.8, 4) is 0 Å². The summed E-state index contributed by atoms with van der Waals surface area (Å²) in [7, 11) is 1.84. The van der Waals surface area contributed by atoms with Gasteiger partial charge in [0, 0.05) is 26.2 Å². The average Bonchev–Trinajstić information content (AvgIpc) is 3.26. The number of aromatic nitrogens is 3. The summed E-state index contributed by atoms with van der Waals surface area (Å²) in [6.07, 6.45) is 3.41. The van der Waals surface area contributed by atoms with Crippen LogP contribution in [0.1, 0.15) is 36.1 Å². The predicted octanol–water partition coefficient (Wildman–Crippen LogP) is 4.21. The number of rotatable bonds is 2. The molecular formula is C23H28F3N5O. The van der Waals surface area contributed by atoms with Crippen LogP contribution in [0.15, 0.2) is 36.7 Å². The van der Waals surface area contributed by atoms with Gasteiger partial charge >= 0.3 is 6.18 Å². The molecule has 1 atom stereocenters. The standard InChI is InChI=1S/C16H23NO.C7H5F3N4/c1-18-16-8-10-17(11-9-16)15-7-6-13-4-2-3-5-14(13)12-15;8-7(9,10)4-1-3-5(11)12-2-13-6(3)14-4/h2-5,15-16H,6-12H2,1H3;1-2H,(H3,11,12,13,14). The minimum Gasteiger partial charge on any atom is -0.383 e.